The van der Waals surface area contributed by atoms with E-state index in [1.54, 1.807) is 11.1 Å². The second-order valence-corrected chi connectivity index (χ2v) is 7.73. The molecule has 0 amide bonds. The fraction of sp³-hybridized carbons (Fsp3) is 0.652. The van der Waals surface area contributed by atoms with Gasteiger partial charge in [0.2, 0.25) is 0 Å². The van der Waals surface area contributed by atoms with Crippen LogP contribution < -0.4 is 0 Å². The Labute approximate surface area is 150 Å². The summed E-state index contributed by atoms with van der Waals surface area (Å²) in [6, 6.07) is 7.08. The van der Waals surface area contributed by atoms with Gasteiger partial charge in [-0.3, -0.25) is 0 Å². The summed E-state index contributed by atoms with van der Waals surface area (Å²) in [5.74, 6) is 0.926. The Morgan fingerprint density at radius 3 is 2.38 bits per heavy atom. The van der Waals surface area contributed by atoms with E-state index >= 15 is 0 Å². The van der Waals surface area contributed by atoms with Crippen molar-refractivity contribution < 1.29 is 0 Å². The topological polar surface area (TPSA) is 3.24 Å². The van der Waals surface area contributed by atoms with Gasteiger partial charge in [-0.1, -0.05) is 70.7 Å². The first kappa shape index (κ1) is 19.2. The van der Waals surface area contributed by atoms with Crippen molar-refractivity contribution in [3.8, 4) is 0 Å². The molecule has 2 rings (SSSR count). The fourth-order valence-corrected chi connectivity index (χ4v) is 4.05. The van der Waals surface area contributed by atoms with Crippen molar-refractivity contribution in [2.45, 2.75) is 71.6 Å². The Bertz CT molecular complexity index is 511. The summed E-state index contributed by atoms with van der Waals surface area (Å²) in [7, 11) is 2.23. The summed E-state index contributed by atoms with van der Waals surface area (Å²) in [5, 5.41) is 0. The number of nitrogens with zero attached hydrogens (tertiary/aromatic N) is 1. The predicted octanol–water partition coefficient (Wildman–Crippen LogP) is 6.12. The first-order chi connectivity index (χ1) is 11.6. The van der Waals surface area contributed by atoms with Crippen LogP contribution in [0.5, 0.6) is 0 Å². The van der Waals surface area contributed by atoms with Gasteiger partial charge in [-0.2, -0.15) is 0 Å². The third kappa shape index (κ3) is 5.77. The van der Waals surface area contributed by atoms with Crippen LogP contribution in [-0.4, -0.2) is 25.0 Å². The molecule has 1 aromatic carbocycles. The van der Waals surface area contributed by atoms with Crippen molar-refractivity contribution in [3.63, 3.8) is 0 Å². The largest absolute Gasteiger partial charge is 0.306 e. The molecule has 1 aliphatic heterocycles. The maximum atomic E-state index is 4.39. The number of allylic oxidation sites excluding steroid dienone is 1. The van der Waals surface area contributed by atoms with E-state index in [4.69, 9.17) is 0 Å². The van der Waals surface area contributed by atoms with E-state index in [0.29, 0.717) is 0 Å². The van der Waals surface area contributed by atoms with E-state index in [-0.39, 0.29) is 0 Å². The quantitative estimate of drug-likeness (QED) is 0.528. The van der Waals surface area contributed by atoms with Gasteiger partial charge in [0, 0.05) is 13.1 Å². The molecule has 0 unspecified atom stereocenters. The maximum Gasteiger partial charge on any atom is 0.00190 e. The molecule has 1 aliphatic rings. The van der Waals surface area contributed by atoms with Gasteiger partial charge in [0.1, 0.15) is 0 Å². The van der Waals surface area contributed by atoms with Crippen LogP contribution in [0.4, 0.5) is 0 Å². The number of hydrogen-bond donors (Lipinski definition) is 0. The summed E-state index contributed by atoms with van der Waals surface area (Å²) in [6.07, 6.45) is 11.6. The highest BCUT2D eigenvalue weighted by molar-refractivity contribution is 5.64. The molecule has 0 atom stereocenters. The van der Waals surface area contributed by atoms with Crippen molar-refractivity contribution >= 4 is 5.57 Å². The molecule has 1 heteroatoms. The van der Waals surface area contributed by atoms with E-state index in [1.807, 2.05) is 0 Å². The number of hydrogen-bond acceptors (Lipinski definition) is 1. The van der Waals surface area contributed by atoms with E-state index < -0.39 is 0 Å². The molecule has 0 N–H and O–H groups in total. The van der Waals surface area contributed by atoms with E-state index in [0.717, 1.165) is 12.3 Å². The lowest BCUT2D eigenvalue weighted by Gasteiger charge is -2.16. The monoisotopic (exact) mass is 327 g/mol. The number of benzene rings is 1. The first-order valence-electron chi connectivity index (χ1n) is 10.1. The molecule has 0 aromatic heterocycles. The molecule has 1 aromatic rings. The van der Waals surface area contributed by atoms with Crippen LogP contribution in [0, 0.1) is 5.92 Å². The minimum atomic E-state index is 0.926. The molecule has 0 fully saturated rings. The van der Waals surface area contributed by atoms with Crippen molar-refractivity contribution in [2.24, 2.45) is 5.92 Å². The molecule has 1 nitrogen and oxygen atoms in total. The number of likely N-dealkylation sites (N-methyl/N-ethyl adjacent to an activating group) is 1. The molecule has 134 valence electrons. The SMILES string of the molecule is C=C(CCCC(CCC)CCC)c1ccc2c(c1)CCN(C)CC2. The summed E-state index contributed by atoms with van der Waals surface area (Å²) in [5.41, 5.74) is 5.80. The highest BCUT2D eigenvalue weighted by atomic mass is 15.1. The molecule has 0 spiro atoms. The van der Waals surface area contributed by atoms with Gasteiger partial charge >= 0.3 is 0 Å². The molecule has 1 heterocycles. The maximum absolute atomic E-state index is 4.39. The lowest BCUT2D eigenvalue weighted by molar-refractivity contribution is 0.352. The Hall–Kier alpha value is -1.08. The zero-order valence-corrected chi connectivity index (χ0v) is 16.2. The van der Waals surface area contributed by atoms with Crippen LogP contribution in [0.25, 0.3) is 5.57 Å². The van der Waals surface area contributed by atoms with Crippen LogP contribution >= 0.6 is 0 Å². The summed E-state index contributed by atoms with van der Waals surface area (Å²) < 4.78 is 0. The molecule has 0 aliphatic carbocycles. The molecule has 0 saturated carbocycles. The van der Waals surface area contributed by atoms with Gasteiger partial charge in [-0.25, -0.2) is 0 Å². The third-order valence-electron chi connectivity index (χ3n) is 5.63. The standard InChI is InChI=1S/C23H37N/c1-5-8-20(9-6-2)11-7-10-19(3)22-13-12-21-14-16-24(4)17-15-23(21)18-22/h12-13,18,20H,3,5-11,14-17H2,1-2,4H3. The third-order valence-corrected chi connectivity index (χ3v) is 5.63. The van der Waals surface area contributed by atoms with Crippen LogP contribution in [0.1, 0.15) is 75.5 Å². The average molecular weight is 328 g/mol. The fourth-order valence-electron chi connectivity index (χ4n) is 4.05. The van der Waals surface area contributed by atoms with Crippen molar-refractivity contribution in [2.75, 3.05) is 20.1 Å². The van der Waals surface area contributed by atoms with Crippen molar-refractivity contribution in [1.82, 2.24) is 4.90 Å². The summed E-state index contributed by atoms with van der Waals surface area (Å²) >= 11 is 0. The van der Waals surface area contributed by atoms with Crippen molar-refractivity contribution in [3.05, 3.63) is 41.5 Å². The normalized spacial score (nSPS) is 15.3. The molecular weight excluding hydrogens is 290 g/mol. The minimum Gasteiger partial charge on any atom is -0.306 e. The summed E-state index contributed by atoms with van der Waals surface area (Å²) in [4.78, 5) is 2.44. The van der Waals surface area contributed by atoms with Gasteiger partial charge in [0.25, 0.3) is 0 Å². The van der Waals surface area contributed by atoms with Gasteiger partial charge in [0.05, 0.1) is 0 Å². The second-order valence-electron chi connectivity index (χ2n) is 7.73. The second kappa shape index (κ2) is 10.0. The minimum absolute atomic E-state index is 0.926. The van der Waals surface area contributed by atoms with Crippen LogP contribution in [-0.2, 0) is 12.8 Å². The average Bonchev–Trinajstić information content (AvgIpc) is 2.76. The van der Waals surface area contributed by atoms with Crippen molar-refractivity contribution in [1.29, 1.82) is 0 Å². The number of rotatable bonds is 9. The Balaban J connectivity index is 1.88. The number of fused-ring (bicyclic) bond motifs is 1. The highest BCUT2D eigenvalue weighted by Gasteiger charge is 2.13. The summed E-state index contributed by atoms with van der Waals surface area (Å²) in [6.45, 7) is 11.4. The predicted molar refractivity (Wildman–Crippen MR) is 108 cm³/mol. The Morgan fingerprint density at radius 2 is 1.71 bits per heavy atom. The molecule has 0 saturated heterocycles. The van der Waals surface area contributed by atoms with Gasteiger partial charge in [-0.05, 0) is 60.9 Å². The first-order valence-corrected chi connectivity index (χ1v) is 10.1. The Kier molecular flexibility index (Phi) is 8.05. The smallest absolute Gasteiger partial charge is 0.00190 e. The van der Waals surface area contributed by atoms with E-state index in [2.05, 4.69) is 50.6 Å². The van der Waals surface area contributed by atoms with Crippen LogP contribution in [0.2, 0.25) is 0 Å². The van der Waals surface area contributed by atoms with Crippen LogP contribution in [0.15, 0.2) is 24.8 Å². The molecule has 0 bridgehead atoms. The van der Waals surface area contributed by atoms with Gasteiger partial charge in [0.15, 0.2) is 0 Å². The van der Waals surface area contributed by atoms with E-state index in [9.17, 15) is 0 Å². The molecular formula is C23H37N. The Morgan fingerprint density at radius 1 is 1.04 bits per heavy atom. The van der Waals surface area contributed by atoms with Gasteiger partial charge < -0.3 is 4.90 Å². The lowest BCUT2D eigenvalue weighted by Crippen LogP contribution is -2.20. The molecule has 0 radical (unpaired) electrons. The van der Waals surface area contributed by atoms with Crippen LogP contribution in [0.3, 0.4) is 0 Å². The van der Waals surface area contributed by atoms with E-state index in [1.165, 1.54) is 75.6 Å². The highest BCUT2D eigenvalue weighted by Crippen LogP contribution is 2.26. The van der Waals surface area contributed by atoms with Gasteiger partial charge in [-0.15, -0.1) is 0 Å². The molecule has 24 heavy (non-hydrogen) atoms. The lowest BCUT2D eigenvalue weighted by atomic mass is 9.90. The zero-order valence-electron chi connectivity index (χ0n) is 16.2. The zero-order chi connectivity index (χ0) is 17.4.